The quantitative estimate of drug-likeness (QED) is 0.854. The molecule has 6 nitrogen and oxygen atoms in total. The third kappa shape index (κ3) is 2.69. The van der Waals surface area contributed by atoms with Crippen LogP contribution < -0.4 is 4.90 Å². The van der Waals surface area contributed by atoms with E-state index in [-0.39, 0.29) is 18.4 Å². The van der Waals surface area contributed by atoms with Gasteiger partial charge in [0.15, 0.2) is 0 Å². The first-order chi connectivity index (χ1) is 10.9. The van der Waals surface area contributed by atoms with Gasteiger partial charge in [0.1, 0.15) is 11.2 Å². The number of fused-ring (bicyclic) bond motifs is 1. The average Bonchev–Trinajstić information content (AvgIpc) is 3.02. The summed E-state index contributed by atoms with van der Waals surface area (Å²) in [6.45, 7) is 5.48. The maximum atomic E-state index is 12.2. The van der Waals surface area contributed by atoms with Crippen LogP contribution in [0.4, 0.5) is 5.82 Å². The number of carboxylic acids is 1. The van der Waals surface area contributed by atoms with Gasteiger partial charge in [-0.25, -0.2) is 4.98 Å². The van der Waals surface area contributed by atoms with Crippen molar-refractivity contribution in [2.24, 2.45) is 11.3 Å². The highest BCUT2D eigenvalue weighted by atomic mass is 16.4. The van der Waals surface area contributed by atoms with E-state index in [1.165, 1.54) is 0 Å². The monoisotopic (exact) mass is 315 g/mol. The van der Waals surface area contributed by atoms with Crippen molar-refractivity contribution in [3.63, 3.8) is 0 Å². The molecule has 2 saturated heterocycles. The molecule has 0 radical (unpaired) electrons. The molecule has 0 spiro atoms. The van der Waals surface area contributed by atoms with Crippen LogP contribution in [0, 0.1) is 11.3 Å². The van der Waals surface area contributed by atoms with Gasteiger partial charge >= 0.3 is 5.97 Å². The Morgan fingerprint density at radius 2 is 2.09 bits per heavy atom. The summed E-state index contributed by atoms with van der Waals surface area (Å²) in [6, 6.07) is 5.63. The Morgan fingerprint density at radius 1 is 1.30 bits per heavy atom. The SMILES string of the molecule is CC(C)=CC(=O)N1C[C@H]2CN(c3ccccn3)C[C@@]2(C(=O)O)C1. The molecule has 2 atom stereocenters. The van der Waals surface area contributed by atoms with Gasteiger partial charge in [0, 0.05) is 44.4 Å². The van der Waals surface area contributed by atoms with Crippen molar-refractivity contribution >= 4 is 17.7 Å². The Kier molecular flexibility index (Phi) is 3.83. The predicted octanol–water partition coefficient (Wildman–Crippen LogP) is 1.40. The van der Waals surface area contributed by atoms with Crippen molar-refractivity contribution in [1.29, 1.82) is 0 Å². The summed E-state index contributed by atoms with van der Waals surface area (Å²) in [5.74, 6) is -0.195. The van der Waals surface area contributed by atoms with Crippen LogP contribution in [0.3, 0.4) is 0 Å². The molecular formula is C17H21N3O3. The molecule has 0 bridgehead atoms. The molecular weight excluding hydrogens is 294 g/mol. The number of anilines is 1. The molecule has 1 amide bonds. The lowest BCUT2D eigenvalue weighted by Crippen LogP contribution is -2.42. The minimum absolute atomic E-state index is 0.0727. The van der Waals surface area contributed by atoms with E-state index < -0.39 is 11.4 Å². The number of pyridine rings is 1. The molecule has 6 heteroatoms. The fraction of sp³-hybridized carbons (Fsp3) is 0.471. The largest absolute Gasteiger partial charge is 0.481 e. The molecule has 3 heterocycles. The lowest BCUT2D eigenvalue weighted by Gasteiger charge is -2.25. The van der Waals surface area contributed by atoms with Crippen LogP contribution in [0.1, 0.15) is 13.8 Å². The zero-order valence-corrected chi connectivity index (χ0v) is 13.4. The van der Waals surface area contributed by atoms with E-state index in [9.17, 15) is 14.7 Å². The van der Waals surface area contributed by atoms with Crippen molar-refractivity contribution in [3.8, 4) is 0 Å². The molecule has 0 unspecified atom stereocenters. The molecule has 1 N–H and O–H groups in total. The van der Waals surface area contributed by atoms with Crippen molar-refractivity contribution in [2.75, 3.05) is 31.1 Å². The molecule has 0 saturated carbocycles. The van der Waals surface area contributed by atoms with E-state index in [2.05, 4.69) is 4.98 Å². The number of hydrogen-bond donors (Lipinski definition) is 1. The summed E-state index contributed by atoms with van der Waals surface area (Å²) in [5, 5.41) is 9.82. The molecule has 1 aromatic rings. The van der Waals surface area contributed by atoms with E-state index in [0.29, 0.717) is 19.6 Å². The van der Waals surface area contributed by atoms with Gasteiger partial charge in [0.25, 0.3) is 0 Å². The van der Waals surface area contributed by atoms with Crippen LogP contribution in [0.25, 0.3) is 0 Å². The van der Waals surface area contributed by atoms with Crippen molar-refractivity contribution in [2.45, 2.75) is 13.8 Å². The molecule has 0 aliphatic carbocycles. The zero-order valence-electron chi connectivity index (χ0n) is 13.4. The Hall–Kier alpha value is -2.37. The normalized spacial score (nSPS) is 26.1. The van der Waals surface area contributed by atoms with Gasteiger partial charge in [-0.2, -0.15) is 0 Å². The van der Waals surface area contributed by atoms with Crippen molar-refractivity contribution in [3.05, 3.63) is 36.0 Å². The molecule has 2 aliphatic heterocycles. The van der Waals surface area contributed by atoms with E-state index in [1.54, 1.807) is 17.2 Å². The number of aromatic nitrogens is 1. The first kappa shape index (κ1) is 15.5. The van der Waals surface area contributed by atoms with Crippen LogP contribution in [0.5, 0.6) is 0 Å². The Morgan fingerprint density at radius 3 is 2.65 bits per heavy atom. The fourth-order valence-corrected chi connectivity index (χ4v) is 3.59. The molecule has 0 aromatic carbocycles. The van der Waals surface area contributed by atoms with Crippen LogP contribution in [0.2, 0.25) is 0 Å². The van der Waals surface area contributed by atoms with Crippen molar-refractivity contribution in [1.82, 2.24) is 9.88 Å². The average molecular weight is 315 g/mol. The second kappa shape index (κ2) is 5.68. The van der Waals surface area contributed by atoms with Crippen LogP contribution in [-0.4, -0.2) is 53.0 Å². The number of carbonyl (C=O) groups excluding carboxylic acids is 1. The number of carbonyl (C=O) groups is 2. The number of amides is 1. The standard InChI is InChI=1S/C17H21N3O3/c1-12(2)7-15(21)20-9-13-8-19(14-5-3-4-6-18-14)10-17(13,11-20)16(22)23/h3-7,13H,8-11H2,1-2H3,(H,22,23)/t13-,17-/m1/s1. The summed E-state index contributed by atoms with van der Waals surface area (Å²) in [7, 11) is 0. The number of likely N-dealkylation sites (tertiary alicyclic amines) is 1. The molecule has 23 heavy (non-hydrogen) atoms. The Balaban J connectivity index is 1.82. The highest BCUT2D eigenvalue weighted by molar-refractivity contribution is 5.90. The van der Waals surface area contributed by atoms with Gasteiger partial charge in [-0.3, -0.25) is 9.59 Å². The number of rotatable bonds is 3. The number of carboxylic acid groups (broad SMARTS) is 1. The summed E-state index contributed by atoms with van der Waals surface area (Å²) in [4.78, 5) is 32.2. The van der Waals surface area contributed by atoms with E-state index in [1.807, 2.05) is 36.9 Å². The van der Waals surface area contributed by atoms with Crippen LogP contribution >= 0.6 is 0 Å². The third-order valence-electron chi connectivity index (χ3n) is 4.73. The van der Waals surface area contributed by atoms with Gasteiger partial charge in [0.05, 0.1) is 0 Å². The summed E-state index contributed by atoms with van der Waals surface area (Å²) >= 11 is 0. The van der Waals surface area contributed by atoms with Gasteiger partial charge < -0.3 is 14.9 Å². The predicted molar refractivity (Wildman–Crippen MR) is 86.0 cm³/mol. The Labute approximate surface area is 135 Å². The third-order valence-corrected chi connectivity index (χ3v) is 4.73. The van der Waals surface area contributed by atoms with E-state index in [4.69, 9.17) is 0 Å². The van der Waals surface area contributed by atoms with Gasteiger partial charge in [-0.1, -0.05) is 11.6 Å². The lowest BCUT2D eigenvalue weighted by atomic mass is 9.81. The Bertz CT molecular complexity index is 654. The van der Waals surface area contributed by atoms with Crippen LogP contribution in [-0.2, 0) is 9.59 Å². The van der Waals surface area contributed by atoms with Gasteiger partial charge in [0.2, 0.25) is 5.91 Å². The molecule has 1 aromatic heterocycles. The first-order valence-electron chi connectivity index (χ1n) is 7.75. The number of allylic oxidation sites excluding steroid dienone is 1. The minimum atomic E-state index is -0.900. The minimum Gasteiger partial charge on any atom is -0.481 e. The second-order valence-electron chi connectivity index (χ2n) is 6.67. The topological polar surface area (TPSA) is 73.7 Å². The van der Waals surface area contributed by atoms with E-state index >= 15 is 0 Å². The second-order valence-corrected chi connectivity index (χ2v) is 6.67. The lowest BCUT2D eigenvalue weighted by molar-refractivity contribution is -0.148. The molecule has 2 fully saturated rings. The molecule has 3 rings (SSSR count). The fourth-order valence-electron chi connectivity index (χ4n) is 3.59. The van der Waals surface area contributed by atoms with Gasteiger partial charge in [-0.15, -0.1) is 0 Å². The van der Waals surface area contributed by atoms with E-state index in [0.717, 1.165) is 11.4 Å². The maximum absolute atomic E-state index is 12.2. The summed E-state index contributed by atoms with van der Waals surface area (Å²) in [5.41, 5.74) is 0.0226. The number of hydrogen-bond acceptors (Lipinski definition) is 4. The number of nitrogens with zero attached hydrogens (tertiary/aromatic N) is 3. The first-order valence-corrected chi connectivity index (χ1v) is 7.75. The molecule has 122 valence electrons. The summed E-state index contributed by atoms with van der Waals surface area (Å²) in [6.07, 6.45) is 3.29. The highest BCUT2D eigenvalue weighted by Crippen LogP contribution is 2.44. The summed E-state index contributed by atoms with van der Waals surface area (Å²) < 4.78 is 0. The van der Waals surface area contributed by atoms with Crippen molar-refractivity contribution < 1.29 is 14.7 Å². The van der Waals surface area contributed by atoms with Gasteiger partial charge in [-0.05, 0) is 26.0 Å². The molecule has 2 aliphatic rings. The zero-order chi connectivity index (χ0) is 16.6. The highest BCUT2D eigenvalue weighted by Gasteiger charge is 2.58. The maximum Gasteiger partial charge on any atom is 0.313 e. The smallest absolute Gasteiger partial charge is 0.313 e. The van der Waals surface area contributed by atoms with Crippen LogP contribution in [0.15, 0.2) is 36.0 Å². The number of aliphatic carboxylic acids is 1.